The van der Waals surface area contributed by atoms with Gasteiger partial charge in [0.05, 0.1) is 25.0 Å². The van der Waals surface area contributed by atoms with Gasteiger partial charge >= 0.3 is 0 Å². The maximum atomic E-state index is 12.4. The Hall–Kier alpha value is -1.88. The van der Waals surface area contributed by atoms with E-state index in [0.29, 0.717) is 13.1 Å². The molecule has 5 nitrogen and oxygen atoms in total. The number of hydrogen-bond donors (Lipinski definition) is 3. The maximum absolute atomic E-state index is 12.4. The second-order valence-corrected chi connectivity index (χ2v) is 7.65. The van der Waals surface area contributed by atoms with Gasteiger partial charge in [-0.2, -0.15) is 0 Å². The first-order valence-corrected chi connectivity index (χ1v) is 9.57. The molecule has 0 saturated carbocycles. The van der Waals surface area contributed by atoms with Crippen molar-refractivity contribution >= 4 is 11.8 Å². The molecular weight excluding hydrogens is 314 g/mol. The molecule has 0 aromatic heterocycles. The van der Waals surface area contributed by atoms with Crippen LogP contribution in [0.15, 0.2) is 18.2 Å². The van der Waals surface area contributed by atoms with E-state index >= 15 is 0 Å². The van der Waals surface area contributed by atoms with E-state index in [9.17, 15) is 9.59 Å². The normalized spacial score (nSPS) is 24.2. The minimum atomic E-state index is -0.236. The van der Waals surface area contributed by atoms with Gasteiger partial charge in [-0.15, -0.1) is 0 Å². The molecule has 1 aliphatic carbocycles. The summed E-state index contributed by atoms with van der Waals surface area (Å²) in [6.07, 6.45) is 6.68. The van der Waals surface area contributed by atoms with Crippen LogP contribution in [0, 0.1) is 5.92 Å². The van der Waals surface area contributed by atoms with Crippen molar-refractivity contribution in [3.63, 3.8) is 0 Å². The second-order valence-electron chi connectivity index (χ2n) is 7.65. The zero-order valence-electron chi connectivity index (χ0n) is 15.1. The van der Waals surface area contributed by atoms with Gasteiger partial charge in [0, 0.05) is 0 Å². The van der Waals surface area contributed by atoms with Crippen LogP contribution in [0.1, 0.15) is 55.3 Å². The first-order chi connectivity index (χ1) is 12.0. The Kier molecular flexibility index (Phi) is 5.74. The molecule has 25 heavy (non-hydrogen) atoms. The van der Waals surface area contributed by atoms with Crippen LogP contribution < -0.4 is 16.0 Å². The number of hydrogen-bond acceptors (Lipinski definition) is 2. The number of fused-ring (bicyclic) bond motifs is 1. The van der Waals surface area contributed by atoms with E-state index in [-0.39, 0.29) is 23.8 Å². The molecule has 2 aliphatic rings. The molecule has 0 spiro atoms. The summed E-state index contributed by atoms with van der Waals surface area (Å²) in [5.74, 6) is -0.278. The van der Waals surface area contributed by atoms with Crippen LogP contribution in [0.2, 0.25) is 0 Å². The zero-order valence-corrected chi connectivity index (χ0v) is 15.1. The molecule has 4 N–H and O–H groups in total. The lowest BCUT2D eigenvalue weighted by molar-refractivity contribution is -0.899. The lowest BCUT2D eigenvalue weighted by Gasteiger charge is -2.28. The number of rotatable bonds is 5. The average Bonchev–Trinajstić information content (AvgIpc) is 2.61. The van der Waals surface area contributed by atoms with Crippen molar-refractivity contribution in [2.75, 3.05) is 19.6 Å². The Balaban J connectivity index is 1.54. The number of carbonyl (C=O) groups excluding carboxylic acids is 2. The summed E-state index contributed by atoms with van der Waals surface area (Å²) in [4.78, 5) is 24.9. The maximum Gasteiger partial charge on any atom is 0.275 e. The molecule has 1 aliphatic heterocycles. The molecule has 0 bridgehead atoms. The van der Waals surface area contributed by atoms with Crippen molar-refractivity contribution in [3.8, 4) is 0 Å². The Bertz CT molecular complexity index is 644. The van der Waals surface area contributed by atoms with Gasteiger partial charge in [0.15, 0.2) is 6.54 Å². The summed E-state index contributed by atoms with van der Waals surface area (Å²) in [7, 11) is 0. The Morgan fingerprint density at radius 2 is 2.00 bits per heavy atom. The minimum Gasteiger partial charge on any atom is -0.369 e. The van der Waals surface area contributed by atoms with E-state index in [1.54, 1.807) is 0 Å². The summed E-state index contributed by atoms with van der Waals surface area (Å²) in [6, 6.07) is 6.64. The summed E-state index contributed by atoms with van der Waals surface area (Å²) in [6.45, 7) is 4.07. The van der Waals surface area contributed by atoms with Gasteiger partial charge in [0.1, 0.15) is 0 Å². The van der Waals surface area contributed by atoms with Crippen LogP contribution in [0.3, 0.4) is 0 Å². The number of nitrogens with two attached hydrogens (primary N) is 1. The largest absolute Gasteiger partial charge is 0.369 e. The standard InChI is InChI=1S/C20H29N3O2/c1-14(16-9-8-15-5-2-3-6-17(15)11-16)22-19(24)13-23-10-4-7-18(12-23)20(21)25/h8-9,11,14,18H,2-7,10,12-13H2,1H3,(H2,21,25)(H,22,24)/p+1/t14-,18+/m1/s1. The van der Waals surface area contributed by atoms with Gasteiger partial charge in [-0.3, -0.25) is 9.59 Å². The molecule has 1 saturated heterocycles. The number of benzene rings is 1. The van der Waals surface area contributed by atoms with Gasteiger partial charge in [-0.25, -0.2) is 0 Å². The predicted molar refractivity (Wildman–Crippen MR) is 97.1 cm³/mol. The fourth-order valence-electron chi connectivity index (χ4n) is 4.18. The number of likely N-dealkylation sites (tertiary alicyclic amines) is 1. The minimum absolute atomic E-state index is 0.0101. The third-order valence-electron chi connectivity index (χ3n) is 5.68. The van der Waals surface area contributed by atoms with Crippen LogP contribution in [0.4, 0.5) is 0 Å². The first kappa shape index (κ1) is 17.9. The quantitative estimate of drug-likeness (QED) is 0.728. The topological polar surface area (TPSA) is 76.6 Å². The van der Waals surface area contributed by atoms with Gasteiger partial charge in [-0.1, -0.05) is 18.2 Å². The SMILES string of the molecule is C[C@@H](NC(=O)C[NH+]1CCC[C@H](C(N)=O)C1)c1ccc2c(c1)CCCC2. The van der Waals surface area contributed by atoms with Crippen molar-refractivity contribution in [2.45, 2.75) is 51.5 Å². The third-order valence-corrected chi connectivity index (χ3v) is 5.68. The molecule has 1 aromatic rings. The number of piperidine rings is 1. The molecule has 0 radical (unpaired) electrons. The number of quaternary nitrogens is 1. The molecular formula is C20H30N3O2+. The molecule has 3 rings (SSSR count). The highest BCUT2D eigenvalue weighted by Crippen LogP contribution is 2.24. The molecule has 5 heteroatoms. The summed E-state index contributed by atoms with van der Waals surface area (Å²) in [5.41, 5.74) is 9.50. The fourth-order valence-corrected chi connectivity index (χ4v) is 4.18. The number of carbonyl (C=O) groups is 2. The highest BCUT2D eigenvalue weighted by Gasteiger charge is 2.28. The first-order valence-electron chi connectivity index (χ1n) is 9.57. The summed E-state index contributed by atoms with van der Waals surface area (Å²) >= 11 is 0. The fraction of sp³-hybridized carbons (Fsp3) is 0.600. The van der Waals surface area contributed by atoms with Crippen molar-refractivity contribution in [1.82, 2.24) is 5.32 Å². The van der Waals surface area contributed by atoms with Crippen molar-refractivity contribution < 1.29 is 14.5 Å². The van der Waals surface area contributed by atoms with E-state index in [1.165, 1.54) is 36.0 Å². The smallest absolute Gasteiger partial charge is 0.275 e. The highest BCUT2D eigenvalue weighted by atomic mass is 16.2. The van der Waals surface area contributed by atoms with Crippen LogP contribution in [0.25, 0.3) is 0 Å². The lowest BCUT2D eigenvalue weighted by atomic mass is 9.89. The van der Waals surface area contributed by atoms with Gasteiger partial charge in [-0.05, 0) is 62.1 Å². The second kappa shape index (κ2) is 8.00. The van der Waals surface area contributed by atoms with Crippen molar-refractivity contribution in [1.29, 1.82) is 0 Å². The molecule has 136 valence electrons. The Labute approximate surface area is 150 Å². The van der Waals surface area contributed by atoms with Gasteiger partial charge < -0.3 is 16.0 Å². The molecule has 1 unspecified atom stereocenters. The van der Waals surface area contributed by atoms with Crippen LogP contribution >= 0.6 is 0 Å². The molecule has 1 aromatic carbocycles. The van der Waals surface area contributed by atoms with Crippen molar-refractivity contribution in [2.24, 2.45) is 11.7 Å². The predicted octanol–water partition coefficient (Wildman–Crippen LogP) is 0.523. The number of primary amides is 1. The van der Waals surface area contributed by atoms with E-state index in [1.807, 2.05) is 6.92 Å². The van der Waals surface area contributed by atoms with E-state index in [2.05, 4.69) is 23.5 Å². The monoisotopic (exact) mass is 344 g/mol. The molecule has 1 fully saturated rings. The van der Waals surface area contributed by atoms with Crippen molar-refractivity contribution in [3.05, 3.63) is 34.9 Å². The third kappa shape index (κ3) is 4.60. The molecule has 1 heterocycles. The number of nitrogens with one attached hydrogen (secondary N) is 2. The van der Waals surface area contributed by atoms with E-state index in [4.69, 9.17) is 5.73 Å². The number of aryl methyl sites for hydroxylation is 2. The summed E-state index contributed by atoms with van der Waals surface area (Å²) in [5, 5.41) is 3.12. The highest BCUT2D eigenvalue weighted by molar-refractivity contribution is 5.78. The summed E-state index contributed by atoms with van der Waals surface area (Å²) < 4.78 is 0. The van der Waals surface area contributed by atoms with Gasteiger partial charge in [0.2, 0.25) is 5.91 Å². The lowest BCUT2D eigenvalue weighted by Crippen LogP contribution is -3.15. The molecule has 2 amide bonds. The average molecular weight is 344 g/mol. The molecule has 3 atom stereocenters. The van der Waals surface area contributed by atoms with Crippen LogP contribution in [0.5, 0.6) is 0 Å². The number of amides is 2. The van der Waals surface area contributed by atoms with Crippen LogP contribution in [-0.4, -0.2) is 31.4 Å². The zero-order chi connectivity index (χ0) is 17.8. The van der Waals surface area contributed by atoms with Gasteiger partial charge in [0.25, 0.3) is 5.91 Å². The van der Waals surface area contributed by atoms with E-state index < -0.39 is 0 Å². The van der Waals surface area contributed by atoms with E-state index in [0.717, 1.165) is 30.7 Å². The Morgan fingerprint density at radius 1 is 1.24 bits per heavy atom. The Morgan fingerprint density at radius 3 is 2.76 bits per heavy atom. The van der Waals surface area contributed by atoms with Crippen LogP contribution in [-0.2, 0) is 22.4 Å².